The summed E-state index contributed by atoms with van der Waals surface area (Å²) in [6.07, 6.45) is 0. The number of amides is 2. The van der Waals surface area contributed by atoms with Crippen molar-refractivity contribution in [2.45, 2.75) is 46.7 Å². The third-order valence-electron chi connectivity index (χ3n) is 3.11. The molecule has 3 N–H and O–H groups in total. The molecule has 20 heavy (non-hydrogen) atoms. The number of carboxylic acid groups (broad SMARTS) is 1. The van der Waals surface area contributed by atoms with Crippen LogP contribution < -0.4 is 10.6 Å². The SMILES string of the molecule is Cc1cc(C(C)NC(=O)N[C@@H](C(=O)O)C(C)C)c(C)o1. The second kappa shape index (κ2) is 6.45. The molecule has 6 heteroatoms. The Morgan fingerprint density at radius 2 is 1.80 bits per heavy atom. The van der Waals surface area contributed by atoms with Crippen LogP contribution in [0.2, 0.25) is 0 Å². The minimum atomic E-state index is -1.04. The summed E-state index contributed by atoms with van der Waals surface area (Å²) in [6, 6.07) is 0.192. The average molecular weight is 282 g/mol. The van der Waals surface area contributed by atoms with E-state index in [1.165, 1.54) is 0 Å². The van der Waals surface area contributed by atoms with E-state index in [1.807, 2.05) is 26.8 Å². The number of aryl methyl sites for hydroxylation is 2. The maximum absolute atomic E-state index is 11.8. The van der Waals surface area contributed by atoms with Gasteiger partial charge >= 0.3 is 12.0 Å². The molecule has 1 aromatic rings. The van der Waals surface area contributed by atoms with E-state index in [9.17, 15) is 9.59 Å². The van der Waals surface area contributed by atoms with Crippen molar-refractivity contribution in [3.05, 3.63) is 23.2 Å². The molecule has 1 unspecified atom stereocenters. The summed E-state index contributed by atoms with van der Waals surface area (Å²) < 4.78 is 5.41. The molecule has 0 radical (unpaired) electrons. The fourth-order valence-electron chi connectivity index (χ4n) is 2.05. The van der Waals surface area contributed by atoms with Gasteiger partial charge in [-0.15, -0.1) is 0 Å². The van der Waals surface area contributed by atoms with E-state index in [0.717, 1.165) is 17.1 Å². The molecule has 1 rings (SSSR count). The summed E-state index contributed by atoms with van der Waals surface area (Å²) in [5.74, 6) is 0.288. The van der Waals surface area contributed by atoms with E-state index >= 15 is 0 Å². The monoisotopic (exact) mass is 282 g/mol. The van der Waals surface area contributed by atoms with Crippen molar-refractivity contribution in [2.75, 3.05) is 0 Å². The van der Waals surface area contributed by atoms with E-state index < -0.39 is 18.0 Å². The van der Waals surface area contributed by atoms with Crippen molar-refractivity contribution >= 4 is 12.0 Å². The quantitative estimate of drug-likeness (QED) is 0.773. The minimum absolute atomic E-state index is 0.188. The Kier molecular flexibility index (Phi) is 5.19. The second-order valence-electron chi connectivity index (χ2n) is 5.27. The molecule has 6 nitrogen and oxygen atoms in total. The largest absolute Gasteiger partial charge is 0.480 e. The molecule has 0 bridgehead atoms. The third-order valence-corrected chi connectivity index (χ3v) is 3.11. The van der Waals surface area contributed by atoms with Crippen LogP contribution in [0.15, 0.2) is 10.5 Å². The molecule has 0 saturated carbocycles. The molecule has 112 valence electrons. The molecule has 0 saturated heterocycles. The van der Waals surface area contributed by atoms with Gasteiger partial charge in [-0.2, -0.15) is 0 Å². The maximum atomic E-state index is 11.8. The van der Waals surface area contributed by atoms with Crippen LogP contribution in [0.25, 0.3) is 0 Å². The number of nitrogens with one attached hydrogen (secondary N) is 2. The first-order valence-electron chi connectivity index (χ1n) is 6.59. The predicted molar refractivity (Wildman–Crippen MR) is 74.5 cm³/mol. The third kappa shape index (κ3) is 4.01. The zero-order valence-corrected chi connectivity index (χ0v) is 12.5. The van der Waals surface area contributed by atoms with Gasteiger partial charge in [-0.1, -0.05) is 13.8 Å². The van der Waals surface area contributed by atoms with Gasteiger partial charge in [0, 0.05) is 5.56 Å². The molecule has 2 atom stereocenters. The summed E-state index contributed by atoms with van der Waals surface area (Å²) in [6.45, 7) is 8.97. The zero-order chi connectivity index (χ0) is 15.4. The number of carbonyl (C=O) groups excluding carboxylic acids is 1. The Balaban J connectivity index is 2.66. The number of furan rings is 1. The van der Waals surface area contributed by atoms with Crippen LogP contribution in [0.4, 0.5) is 4.79 Å². The number of aliphatic carboxylic acids is 1. The molecule has 1 aromatic heterocycles. The Labute approximate surface area is 118 Å². The average Bonchev–Trinajstić information content (AvgIpc) is 2.64. The van der Waals surface area contributed by atoms with Crippen molar-refractivity contribution in [3.63, 3.8) is 0 Å². The first-order valence-corrected chi connectivity index (χ1v) is 6.59. The summed E-state index contributed by atoms with van der Waals surface area (Å²) >= 11 is 0. The highest BCUT2D eigenvalue weighted by Gasteiger charge is 2.24. The van der Waals surface area contributed by atoms with Gasteiger partial charge in [0.2, 0.25) is 0 Å². The second-order valence-corrected chi connectivity index (χ2v) is 5.27. The van der Waals surface area contributed by atoms with Gasteiger partial charge in [-0.05, 0) is 32.8 Å². The van der Waals surface area contributed by atoms with E-state index in [4.69, 9.17) is 9.52 Å². The molecule has 1 heterocycles. The number of hydrogen-bond acceptors (Lipinski definition) is 3. The van der Waals surface area contributed by atoms with Gasteiger partial charge < -0.3 is 20.2 Å². The van der Waals surface area contributed by atoms with Crippen molar-refractivity contribution in [2.24, 2.45) is 5.92 Å². The Morgan fingerprint density at radius 3 is 2.20 bits per heavy atom. The number of urea groups is 1. The van der Waals surface area contributed by atoms with Gasteiger partial charge in [0.05, 0.1) is 6.04 Å². The Bertz CT molecular complexity index is 493. The molecule has 0 aliphatic rings. The summed E-state index contributed by atoms with van der Waals surface area (Å²) in [5, 5.41) is 14.2. The van der Waals surface area contributed by atoms with Crippen molar-refractivity contribution in [1.29, 1.82) is 0 Å². The summed E-state index contributed by atoms with van der Waals surface area (Å²) in [7, 11) is 0. The van der Waals surface area contributed by atoms with E-state index in [-0.39, 0.29) is 12.0 Å². The standard InChI is InChI=1S/C14H22N2O4/c1-7(2)12(13(17)18)16-14(19)15-9(4)11-6-8(3)20-10(11)5/h6-7,9,12H,1-5H3,(H,17,18)(H2,15,16,19)/t9?,12-/m1/s1. The molecule has 0 spiro atoms. The Morgan fingerprint density at radius 1 is 1.20 bits per heavy atom. The van der Waals surface area contributed by atoms with Gasteiger partial charge in [-0.3, -0.25) is 0 Å². The van der Waals surface area contributed by atoms with Gasteiger partial charge in [0.1, 0.15) is 17.6 Å². The van der Waals surface area contributed by atoms with Crippen LogP contribution in [0.1, 0.15) is 43.9 Å². The smallest absolute Gasteiger partial charge is 0.326 e. The molecule has 2 amide bonds. The lowest BCUT2D eigenvalue weighted by molar-refractivity contribution is -0.140. The molecular weight excluding hydrogens is 260 g/mol. The number of carboxylic acids is 1. The van der Waals surface area contributed by atoms with Gasteiger partial charge in [0.15, 0.2) is 0 Å². The first kappa shape index (κ1) is 16.1. The van der Waals surface area contributed by atoms with Crippen LogP contribution in [0, 0.1) is 19.8 Å². The lowest BCUT2D eigenvalue weighted by atomic mass is 10.1. The van der Waals surface area contributed by atoms with Crippen LogP contribution in [-0.4, -0.2) is 23.1 Å². The van der Waals surface area contributed by atoms with Crippen LogP contribution in [-0.2, 0) is 4.79 Å². The van der Waals surface area contributed by atoms with Crippen LogP contribution >= 0.6 is 0 Å². The van der Waals surface area contributed by atoms with Crippen LogP contribution in [0.5, 0.6) is 0 Å². The fraction of sp³-hybridized carbons (Fsp3) is 0.571. The number of carbonyl (C=O) groups is 2. The summed E-state index contributed by atoms with van der Waals surface area (Å²) in [5.41, 5.74) is 0.883. The lowest BCUT2D eigenvalue weighted by Gasteiger charge is -2.20. The molecule has 0 aliphatic heterocycles. The van der Waals surface area contributed by atoms with Crippen molar-refractivity contribution in [1.82, 2.24) is 10.6 Å². The van der Waals surface area contributed by atoms with E-state index in [0.29, 0.717) is 0 Å². The predicted octanol–water partition coefficient (Wildman–Crippen LogP) is 2.37. The van der Waals surface area contributed by atoms with Crippen LogP contribution in [0.3, 0.4) is 0 Å². The number of rotatable bonds is 5. The fourth-order valence-corrected chi connectivity index (χ4v) is 2.05. The minimum Gasteiger partial charge on any atom is -0.480 e. The molecular formula is C14H22N2O4. The highest BCUT2D eigenvalue weighted by Crippen LogP contribution is 2.21. The maximum Gasteiger partial charge on any atom is 0.326 e. The summed E-state index contributed by atoms with van der Waals surface area (Å²) in [4.78, 5) is 22.9. The van der Waals surface area contributed by atoms with Gasteiger partial charge in [-0.25, -0.2) is 9.59 Å². The lowest BCUT2D eigenvalue weighted by Crippen LogP contribution is -2.49. The Hall–Kier alpha value is -1.98. The van der Waals surface area contributed by atoms with Crippen molar-refractivity contribution < 1.29 is 19.1 Å². The highest BCUT2D eigenvalue weighted by molar-refractivity contribution is 5.82. The molecule has 0 aromatic carbocycles. The van der Waals surface area contributed by atoms with E-state index in [2.05, 4.69) is 10.6 Å². The molecule has 0 fully saturated rings. The normalized spacial score (nSPS) is 13.9. The number of hydrogen-bond donors (Lipinski definition) is 3. The molecule has 0 aliphatic carbocycles. The van der Waals surface area contributed by atoms with Crippen molar-refractivity contribution in [3.8, 4) is 0 Å². The van der Waals surface area contributed by atoms with E-state index in [1.54, 1.807) is 13.8 Å². The zero-order valence-electron chi connectivity index (χ0n) is 12.5. The topological polar surface area (TPSA) is 91.6 Å². The van der Waals surface area contributed by atoms with Gasteiger partial charge in [0.25, 0.3) is 0 Å². The highest BCUT2D eigenvalue weighted by atomic mass is 16.4. The first-order chi connectivity index (χ1) is 9.22.